The third-order valence-corrected chi connectivity index (χ3v) is 6.20. The summed E-state index contributed by atoms with van der Waals surface area (Å²) in [6.45, 7) is 6.22. The van der Waals surface area contributed by atoms with Crippen molar-refractivity contribution in [2.45, 2.75) is 31.3 Å². The zero-order valence-electron chi connectivity index (χ0n) is 17.5. The molecule has 2 saturated heterocycles. The Kier molecular flexibility index (Phi) is 6.32. The van der Waals surface area contributed by atoms with E-state index in [1.54, 1.807) is 17.0 Å². The van der Waals surface area contributed by atoms with Gasteiger partial charge in [0.15, 0.2) is 0 Å². The molecule has 0 unspecified atom stereocenters. The summed E-state index contributed by atoms with van der Waals surface area (Å²) in [5, 5.41) is 0. The van der Waals surface area contributed by atoms with Gasteiger partial charge in [-0.15, -0.1) is 0 Å². The number of hydrogen-bond donors (Lipinski definition) is 1. The molecule has 1 aromatic heterocycles. The van der Waals surface area contributed by atoms with Crippen LogP contribution in [0.5, 0.6) is 5.75 Å². The molecule has 7 heteroatoms. The Bertz CT molecular complexity index is 827. The number of nitrogens with two attached hydrogens (primary N) is 1. The lowest BCUT2D eigenvalue weighted by Crippen LogP contribution is -2.58. The van der Waals surface area contributed by atoms with Crippen molar-refractivity contribution in [1.82, 2.24) is 14.8 Å². The number of para-hydroxylation sites is 1. The van der Waals surface area contributed by atoms with E-state index in [-0.39, 0.29) is 17.7 Å². The Balaban J connectivity index is 1.45. The Hall–Kier alpha value is -2.48. The van der Waals surface area contributed by atoms with Gasteiger partial charge in [0.25, 0.3) is 0 Å². The van der Waals surface area contributed by atoms with Gasteiger partial charge >= 0.3 is 6.09 Å². The standard InChI is InChI=1S/C23H30N4O3/c1-18(24)19-7-8-21(25-17-19)23(9-15-29-16-10-23)27-13-11-26(12-14-27)22(28)30-20-5-3-2-4-6-20/h2-8,17-18H,9-16,24H2,1H3/t18-/m0/s1. The predicted octanol–water partition coefficient (Wildman–Crippen LogP) is 2.92. The summed E-state index contributed by atoms with van der Waals surface area (Å²) in [6.07, 6.45) is 3.39. The molecule has 2 aliphatic rings. The Morgan fingerprint density at radius 2 is 1.80 bits per heavy atom. The zero-order valence-corrected chi connectivity index (χ0v) is 17.5. The number of ether oxygens (including phenoxy) is 2. The summed E-state index contributed by atoms with van der Waals surface area (Å²) < 4.78 is 11.2. The van der Waals surface area contributed by atoms with Crippen molar-refractivity contribution in [3.8, 4) is 5.75 Å². The fraction of sp³-hybridized carbons (Fsp3) is 0.478. The monoisotopic (exact) mass is 410 g/mol. The first-order chi connectivity index (χ1) is 14.6. The summed E-state index contributed by atoms with van der Waals surface area (Å²) in [4.78, 5) is 21.6. The number of piperazine rings is 1. The highest BCUT2D eigenvalue weighted by Gasteiger charge is 2.43. The highest BCUT2D eigenvalue weighted by atomic mass is 16.6. The van der Waals surface area contributed by atoms with E-state index in [9.17, 15) is 4.79 Å². The average Bonchev–Trinajstić information content (AvgIpc) is 2.80. The second kappa shape index (κ2) is 9.12. The molecule has 0 saturated carbocycles. The topological polar surface area (TPSA) is 80.9 Å². The quantitative estimate of drug-likeness (QED) is 0.835. The van der Waals surface area contributed by atoms with Crippen molar-refractivity contribution < 1.29 is 14.3 Å². The van der Waals surface area contributed by atoms with Gasteiger partial charge in [0.1, 0.15) is 5.75 Å². The van der Waals surface area contributed by atoms with Crippen LogP contribution in [0.25, 0.3) is 0 Å². The van der Waals surface area contributed by atoms with Crippen LogP contribution < -0.4 is 10.5 Å². The van der Waals surface area contributed by atoms with Gasteiger partial charge < -0.3 is 20.1 Å². The molecule has 2 fully saturated rings. The number of amides is 1. The minimum absolute atomic E-state index is 0.0311. The Labute approximate surface area is 177 Å². The van der Waals surface area contributed by atoms with Crippen LogP contribution in [0.15, 0.2) is 48.7 Å². The summed E-state index contributed by atoms with van der Waals surface area (Å²) in [5.41, 5.74) is 7.94. The third kappa shape index (κ3) is 4.33. The molecule has 0 aliphatic carbocycles. The van der Waals surface area contributed by atoms with Gasteiger partial charge in [-0.2, -0.15) is 0 Å². The maximum absolute atomic E-state index is 12.5. The van der Waals surface area contributed by atoms with E-state index >= 15 is 0 Å². The van der Waals surface area contributed by atoms with Crippen LogP contribution in [-0.2, 0) is 10.3 Å². The second-order valence-corrected chi connectivity index (χ2v) is 8.06. The molecule has 3 heterocycles. The summed E-state index contributed by atoms with van der Waals surface area (Å²) >= 11 is 0. The fourth-order valence-corrected chi connectivity index (χ4v) is 4.36. The lowest BCUT2D eigenvalue weighted by molar-refractivity contribution is -0.0504. The van der Waals surface area contributed by atoms with E-state index in [2.05, 4.69) is 17.0 Å². The first-order valence-electron chi connectivity index (χ1n) is 10.7. The molecule has 0 radical (unpaired) electrons. The number of rotatable bonds is 4. The molecule has 1 aromatic carbocycles. The van der Waals surface area contributed by atoms with E-state index < -0.39 is 0 Å². The van der Waals surface area contributed by atoms with Crippen LogP contribution in [-0.4, -0.2) is 60.3 Å². The molecule has 0 bridgehead atoms. The summed E-state index contributed by atoms with van der Waals surface area (Å²) in [7, 11) is 0. The smallest absolute Gasteiger partial charge is 0.410 e. The van der Waals surface area contributed by atoms with Crippen molar-refractivity contribution in [1.29, 1.82) is 0 Å². The van der Waals surface area contributed by atoms with E-state index in [1.807, 2.05) is 31.3 Å². The number of nitrogens with zero attached hydrogens (tertiary/aromatic N) is 3. The molecule has 30 heavy (non-hydrogen) atoms. The summed E-state index contributed by atoms with van der Waals surface area (Å²) in [5.74, 6) is 0.573. The second-order valence-electron chi connectivity index (χ2n) is 8.06. The third-order valence-electron chi connectivity index (χ3n) is 6.20. The fourth-order valence-electron chi connectivity index (χ4n) is 4.36. The van der Waals surface area contributed by atoms with Crippen LogP contribution in [0, 0.1) is 0 Å². The van der Waals surface area contributed by atoms with Gasteiger partial charge in [0.05, 0.1) is 11.2 Å². The van der Waals surface area contributed by atoms with Gasteiger partial charge in [-0.25, -0.2) is 4.79 Å². The maximum atomic E-state index is 12.5. The molecule has 2 aliphatic heterocycles. The average molecular weight is 411 g/mol. The molecule has 0 spiro atoms. The van der Waals surface area contributed by atoms with E-state index in [1.165, 1.54) is 0 Å². The summed E-state index contributed by atoms with van der Waals surface area (Å²) in [6, 6.07) is 13.4. The number of carbonyl (C=O) groups excluding carboxylic acids is 1. The molecule has 1 atom stereocenters. The number of pyridine rings is 1. The minimum atomic E-state index is -0.290. The highest BCUT2D eigenvalue weighted by molar-refractivity contribution is 5.70. The van der Waals surface area contributed by atoms with Crippen LogP contribution in [0.4, 0.5) is 4.79 Å². The molecule has 2 N–H and O–H groups in total. The van der Waals surface area contributed by atoms with Crippen LogP contribution in [0.1, 0.15) is 37.1 Å². The Morgan fingerprint density at radius 3 is 2.40 bits per heavy atom. The highest BCUT2D eigenvalue weighted by Crippen LogP contribution is 2.38. The maximum Gasteiger partial charge on any atom is 0.415 e. The zero-order chi connectivity index (χ0) is 21.0. The van der Waals surface area contributed by atoms with Gasteiger partial charge in [0.2, 0.25) is 0 Å². The van der Waals surface area contributed by atoms with Gasteiger partial charge in [-0.05, 0) is 43.5 Å². The number of carbonyl (C=O) groups is 1. The van der Waals surface area contributed by atoms with Crippen molar-refractivity contribution in [2.75, 3.05) is 39.4 Å². The number of benzene rings is 1. The lowest BCUT2D eigenvalue weighted by atomic mass is 9.83. The van der Waals surface area contributed by atoms with Gasteiger partial charge in [-0.1, -0.05) is 24.3 Å². The minimum Gasteiger partial charge on any atom is -0.410 e. The van der Waals surface area contributed by atoms with Crippen molar-refractivity contribution in [2.24, 2.45) is 5.73 Å². The van der Waals surface area contributed by atoms with Crippen molar-refractivity contribution in [3.05, 3.63) is 59.9 Å². The molecule has 7 nitrogen and oxygen atoms in total. The molecule has 1 amide bonds. The van der Waals surface area contributed by atoms with Crippen molar-refractivity contribution >= 4 is 6.09 Å². The lowest BCUT2D eigenvalue weighted by Gasteiger charge is -2.49. The van der Waals surface area contributed by atoms with E-state index in [0.717, 1.165) is 37.2 Å². The first-order valence-corrected chi connectivity index (χ1v) is 10.7. The van der Waals surface area contributed by atoms with E-state index in [4.69, 9.17) is 20.2 Å². The van der Waals surface area contributed by atoms with Gasteiger partial charge in [-0.3, -0.25) is 9.88 Å². The van der Waals surface area contributed by atoms with Gasteiger partial charge in [0, 0.05) is 51.6 Å². The largest absolute Gasteiger partial charge is 0.415 e. The molecule has 2 aromatic rings. The SMILES string of the molecule is C[C@H](N)c1ccc(C2(N3CCN(C(=O)Oc4ccccc4)CC3)CCOCC2)nc1. The Morgan fingerprint density at radius 1 is 1.10 bits per heavy atom. The van der Waals surface area contributed by atoms with Crippen LogP contribution >= 0.6 is 0 Å². The molecular formula is C23H30N4O3. The molecular weight excluding hydrogens is 380 g/mol. The van der Waals surface area contributed by atoms with Crippen molar-refractivity contribution in [3.63, 3.8) is 0 Å². The molecule has 160 valence electrons. The number of aromatic nitrogens is 1. The van der Waals surface area contributed by atoms with Crippen LogP contribution in [0.2, 0.25) is 0 Å². The predicted molar refractivity (Wildman–Crippen MR) is 114 cm³/mol. The molecule has 4 rings (SSSR count). The number of hydrogen-bond acceptors (Lipinski definition) is 6. The normalized spacial score (nSPS) is 20.5. The van der Waals surface area contributed by atoms with Crippen LogP contribution in [0.3, 0.4) is 0 Å². The van der Waals surface area contributed by atoms with E-state index in [0.29, 0.717) is 32.1 Å². The first kappa shape index (κ1) is 20.8.